The molecule has 6 aromatic carbocycles. The Morgan fingerprint density at radius 1 is 0.543 bits per heavy atom. The zero-order valence-corrected chi connectivity index (χ0v) is 25.7. The first-order chi connectivity index (χ1) is 22.8. The minimum atomic E-state index is -0.0960. The fourth-order valence-corrected chi connectivity index (χ4v) is 8.39. The molecule has 0 N–H and O–H groups in total. The van der Waals surface area contributed by atoms with Crippen molar-refractivity contribution < 1.29 is 0 Å². The van der Waals surface area contributed by atoms with Gasteiger partial charge in [0.1, 0.15) is 6.17 Å². The maximum atomic E-state index is 5.44. The summed E-state index contributed by atoms with van der Waals surface area (Å²) in [6.45, 7) is 0. The van der Waals surface area contributed by atoms with E-state index in [9.17, 15) is 0 Å². The molecule has 2 aliphatic rings. The summed E-state index contributed by atoms with van der Waals surface area (Å²) in [7, 11) is 0. The van der Waals surface area contributed by atoms with Crippen molar-refractivity contribution in [1.29, 1.82) is 0 Å². The number of hydrogen-bond donors (Lipinski definition) is 0. The van der Waals surface area contributed by atoms with Crippen LogP contribution in [0.3, 0.4) is 0 Å². The summed E-state index contributed by atoms with van der Waals surface area (Å²) in [6, 6.07) is 56.7. The number of aliphatic imine (C=N–C) groups is 1. The van der Waals surface area contributed by atoms with Crippen LogP contribution in [0, 0.1) is 0 Å². The number of nitrogens with zero attached hydrogens (tertiary/aromatic N) is 4. The Labute approximate surface area is 270 Å². The molecule has 3 atom stereocenters. The molecule has 1 fully saturated rings. The number of hydrazine groups is 1. The van der Waals surface area contributed by atoms with Crippen molar-refractivity contribution in [2.75, 3.05) is 0 Å². The van der Waals surface area contributed by atoms with Crippen LogP contribution < -0.4 is 0 Å². The first-order valence-corrected chi connectivity index (χ1v) is 16.5. The summed E-state index contributed by atoms with van der Waals surface area (Å²) < 4.78 is 3.71. The van der Waals surface area contributed by atoms with Crippen molar-refractivity contribution in [2.45, 2.75) is 12.3 Å². The van der Waals surface area contributed by atoms with Gasteiger partial charge in [-0.05, 0) is 51.4 Å². The zero-order chi connectivity index (χ0) is 30.2. The van der Waals surface area contributed by atoms with E-state index in [1.54, 1.807) is 0 Å². The van der Waals surface area contributed by atoms with E-state index >= 15 is 0 Å². The number of para-hydroxylation sites is 1. The number of fused-ring (bicyclic) bond motifs is 6. The second-order valence-corrected chi connectivity index (χ2v) is 13.1. The number of rotatable bonds is 4. The van der Waals surface area contributed by atoms with Crippen LogP contribution in [0.1, 0.15) is 23.5 Å². The van der Waals surface area contributed by atoms with Crippen molar-refractivity contribution in [3.63, 3.8) is 0 Å². The molecule has 10 rings (SSSR count). The Morgan fingerprint density at radius 3 is 1.96 bits per heavy atom. The SMILES string of the molecule is c1ccc(-c2ccc(C3N4C(n5c6ccccc6c6c7sc(-c8ccccc8)cc7ccc65)=NC(c5ccccc5)N34)cc2)cc1. The van der Waals surface area contributed by atoms with E-state index in [1.807, 2.05) is 11.3 Å². The quantitative estimate of drug-likeness (QED) is 0.186. The summed E-state index contributed by atoms with van der Waals surface area (Å²) in [4.78, 5) is 6.73. The molecule has 46 heavy (non-hydrogen) atoms. The highest BCUT2D eigenvalue weighted by Gasteiger charge is 2.58. The molecule has 0 bridgehead atoms. The fourth-order valence-electron chi connectivity index (χ4n) is 7.17. The third kappa shape index (κ3) is 3.86. The molecule has 2 aromatic heterocycles. The lowest BCUT2D eigenvalue weighted by atomic mass is 10.0. The second-order valence-electron chi connectivity index (χ2n) is 12.0. The number of thiophene rings is 1. The molecule has 218 valence electrons. The Hall–Kier alpha value is -5.49. The van der Waals surface area contributed by atoms with Crippen molar-refractivity contribution in [3.05, 3.63) is 169 Å². The third-order valence-electron chi connectivity index (χ3n) is 9.36. The van der Waals surface area contributed by atoms with Crippen LogP contribution in [0.5, 0.6) is 0 Å². The van der Waals surface area contributed by atoms with Gasteiger partial charge >= 0.3 is 0 Å². The van der Waals surface area contributed by atoms with Gasteiger partial charge in [-0.1, -0.05) is 140 Å². The molecular formula is C41H28N4S. The maximum Gasteiger partial charge on any atom is 0.224 e. The molecule has 0 radical (unpaired) electrons. The maximum absolute atomic E-state index is 5.44. The van der Waals surface area contributed by atoms with Gasteiger partial charge in [-0.15, -0.1) is 11.3 Å². The molecule has 0 spiro atoms. The molecule has 4 nitrogen and oxygen atoms in total. The molecule has 2 aliphatic heterocycles. The topological polar surface area (TPSA) is 23.3 Å². The van der Waals surface area contributed by atoms with Gasteiger partial charge in [0.15, 0.2) is 6.17 Å². The monoisotopic (exact) mass is 608 g/mol. The minimum Gasteiger partial charge on any atom is -0.279 e. The van der Waals surface area contributed by atoms with Gasteiger partial charge in [0.25, 0.3) is 0 Å². The lowest BCUT2D eigenvalue weighted by molar-refractivity contribution is 0.340. The summed E-state index contributed by atoms with van der Waals surface area (Å²) in [6.07, 6.45) is 0.00950. The van der Waals surface area contributed by atoms with E-state index in [-0.39, 0.29) is 12.3 Å². The van der Waals surface area contributed by atoms with E-state index < -0.39 is 0 Å². The van der Waals surface area contributed by atoms with Crippen molar-refractivity contribution in [1.82, 2.24) is 14.6 Å². The zero-order valence-electron chi connectivity index (χ0n) is 24.9. The fraction of sp³-hybridized carbons (Fsp3) is 0.0488. The second kappa shape index (κ2) is 10.0. The van der Waals surface area contributed by atoms with E-state index in [1.165, 1.54) is 64.6 Å². The first kappa shape index (κ1) is 25.8. The number of benzene rings is 6. The standard InChI is InChI=1S/C41H28N4S/c1-4-12-27(13-5-1)28-20-22-31(23-21-28)40-44-39(30-16-8-3-9-17-30)42-41(45(40)44)43-34-19-11-10-18-33(34)37-35(43)25-24-32-26-36(46-38(32)37)29-14-6-2-7-15-29/h1-26,39-40H. The summed E-state index contributed by atoms with van der Waals surface area (Å²) in [5, 5.41) is 8.63. The first-order valence-electron chi connectivity index (χ1n) is 15.7. The third-order valence-corrected chi connectivity index (χ3v) is 10.6. The van der Waals surface area contributed by atoms with Crippen molar-refractivity contribution >= 4 is 49.2 Å². The van der Waals surface area contributed by atoms with Crippen molar-refractivity contribution in [2.24, 2.45) is 4.99 Å². The molecule has 0 amide bonds. The van der Waals surface area contributed by atoms with Crippen LogP contribution in [0.25, 0.3) is 53.5 Å². The Kier molecular flexibility index (Phi) is 5.61. The highest BCUT2D eigenvalue weighted by Crippen LogP contribution is 2.54. The smallest absolute Gasteiger partial charge is 0.224 e. The lowest BCUT2D eigenvalue weighted by Gasteiger charge is -2.13. The van der Waals surface area contributed by atoms with Crippen LogP contribution in [0.15, 0.2) is 163 Å². The Balaban J connectivity index is 1.14. The largest absolute Gasteiger partial charge is 0.279 e. The Morgan fingerprint density at radius 2 is 1.20 bits per heavy atom. The highest BCUT2D eigenvalue weighted by atomic mass is 32.1. The summed E-state index contributed by atoms with van der Waals surface area (Å²) >= 11 is 1.88. The van der Waals surface area contributed by atoms with Gasteiger partial charge in [0, 0.05) is 20.3 Å². The van der Waals surface area contributed by atoms with Crippen LogP contribution in [-0.4, -0.2) is 20.5 Å². The predicted molar refractivity (Wildman–Crippen MR) is 191 cm³/mol. The van der Waals surface area contributed by atoms with E-state index in [2.05, 4.69) is 172 Å². The normalized spacial score (nSPS) is 18.7. The molecule has 1 saturated heterocycles. The molecule has 3 unspecified atom stereocenters. The average molecular weight is 609 g/mol. The molecule has 8 aromatic rings. The molecule has 4 heterocycles. The van der Waals surface area contributed by atoms with Gasteiger partial charge in [0.05, 0.1) is 11.0 Å². The predicted octanol–water partition coefficient (Wildman–Crippen LogP) is 10.5. The van der Waals surface area contributed by atoms with Gasteiger partial charge in [0.2, 0.25) is 5.96 Å². The van der Waals surface area contributed by atoms with Gasteiger partial charge in [-0.3, -0.25) is 4.57 Å². The van der Waals surface area contributed by atoms with Gasteiger partial charge in [-0.2, -0.15) is 5.01 Å². The molecule has 0 saturated carbocycles. The summed E-state index contributed by atoms with van der Waals surface area (Å²) in [5.41, 5.74) is 8.54. The number of hydrogen-bond acceptors (Lipinski definition) is 4. The lowest BCUT2D eigenvalue weighted by Crippen LogP contribution is -2.20. The molecular weight excluding hydrogens is 581 g/mol. The van der Waals surface area contributed by atoms with Crippen molar-refractivity contribution in [3.8, 4) is 21.6 Å². The molecule has 5 heteroatoms. The average Bonchev–Trinajstić information content (AvgIpc) is 3.38. The van der Waals surface area contributed by atoms with Crippen LogP contribution in [0.2, 0.25) is 0 Å². The van der Waals surface area contributed by atoms with Crippen LogP contribution >= 0.6 is 11.3 Å². The summed E-state index contributed by atoms with van der Waals surface area (Å²) in [5.74, 6) is 0.969. The number of aromatic nitrogens is 1. The minimum absolute atomic E-state index is 0.0960. The van der Waals surface area contributed by atoms with Gasteiger partial charge < -0.3 is 0 Å². The van der Waals surface area contributed by atoms with Crippen LogP contribution in [-0.2, 0) is 0 Å². The van der Waals surface area contributed by atoms with E-state index in [0.717, 1.165) is 5.96 Å². The van der Waals surface area contributed by atoms with E-state index in [4.69, 9.17) is 4.99 Å². The highest BCUT2D eigenvalue weighted by molar-refractivity contribution is 7.23. The molecule has 0 aliphatic carbocycles. The van der Waals surface area contributed by atoms with Gasteiger partial charge in [-0.25, -0.2) is 10.0 Å². The van der Waals surface area contributed by atoms with E-state index in [0.29, 0.717) is 0 Å². The Bertz CT molecular complexity index is 2430. The van der Waals surface area contributed by atoms with Crippen LogP contribution in [0.4, 0.5) is 0 Å².